The molecule has 0 spiro atoms. The molecular formula is C16H18N2O4S. The van der Waals surface area contributed by atoms with Crippen LogP contribution in [0.1, 0.15) is 15.9 Å². The Labute approximate surface area is 135 Å². The van der Waals surface area contributed by atoms with E-state index in [9.17, 15) is 13.2 Å². The maximum Gasteiger partial charge on any atom is 0.251 e. The molecule has 6 nitrogen and oxygen atoms in total. The summed E-state index contributed by atoms with van der Waals surface area (Å²) in [6.07, 6.45) is 0. The lowest BCUT2D eigenvalue weighted by Gasteiger charge is -2.08. The number of benzene rings is 2. The van der Waals surface area contributed by atoms with Gasteiger partial charge in [0.15, 0.2) is 0 Å². The molecule has 0 aromatic heterocycles. The van der Waals surface area contributed by atoms with Gasteiger partial charge in [0.1, 0.15) is 5.75 Å². The van der Waals surface area contributed by atoms with Gasteiger partial charge in [-0.15, -0.1) is 0 Å². The van der Waals surface area contributed by atoms with Crippen molar-refractivity contribution in [2.45, 2.75) is 11.4 Å². The van der Waals surface area contributed by atoms with Gasteiger partial charge in [-0.2, -0.15) is 0 Å². The molecule has 0 aliphatic carbocycles. The first-order chi connectivity index (χ1) is 11.0. The number of methoxy groups -OCH3 is 1. The quantitative estimate of drug-likeness (QED) is 0.839. The molecule has 0 aliphatic rings. The highest BCUT2D eigenvalue weighted by Crippen LogP contribution is 2.13. The van der Waals surface area contributed by atoms with Gasteiger partial charge in [-0.3, -0.25) is 4.79 Å². The summed E-state index contributed by atoms with van der Waals surface area (Å²) >= 11 is 0. The van der Waals surface area contributed by atoms with Crippen LogP contribution in [0.3, 0.4) is 0 Å². The highest BCUT2D eigenvalue weighted by molar-refractivity contribution is 7.89. The van der Waals surface area contributed by atoms with E-state index < -0.39 is 10.0 Å². The second kappa shape index (κ2) is 7.26. The lowest BCUT2D eigenvalue weighted by Crippen LogP contribution is -2.23. The van der Waals surface area contributed by atoms with Crippen LogP contribution in [0.2, 0.25) is 0 Å². The van der Waals surface area contributed by atoms with Crippen molar-refractivity contribution in [2.75, 3.05) is 14.2 Å². The van der Waals surface area contributed by atoms with Crippen molar-refractivity contribution in [3.8, 4) is 5.75 Å². The zero-order chi connectivity index (χ0) is 16.9. The van der Waals surface area contributed by atoms with Crippen molar-refractivity contribution in [2.24, 2.45) is 0 Å². The van der Waals surface area contributed by atoms with E-state index >= 15 is 0 Å². The Hall–Kier alpha value is -2.38. The Balaban J connectivity index is 2.02. The highest BCUT2D eigenvalue weighted by atomic mass is 32.2. The highest BCUT2D eigenvalue weighted by Gasteiger charge is 2.11. The third kappa shape index (κ3) is 4.30. The van der Waals surface area contributed by atoms with Gasteiger partial charge in [0, 0.05) is 12.1 Å². The van der Waals surface area contributed by atoms with Crippen LogP contribution in [-0.2, 0) is 16.6 Å². The van der Waals surface area contributed by atoms with Crippen molar-refractivity contribution in [3.05, 3.63) is 59.7 Å². The number of carbonyl (C=O) groups is 1. The van der Waals surface area contributed by atoms with E-state index in [0.717, 1.165) is 5.56 Å². The lowest BCUT2D eigenvalue weighted by atomic mass is 10.2. The van der Waals surface area contributed by atoms with E-state index in [2.05, 4.69) is 10.0 Å². The molecule has 1 amide bonds. The molecule has 0 aliphatic heterocycles. The molecule has 0 heterocycles. The van der Waals surface area contributed by atoms with Gasteiger partial charge >= 0.3 is 0 Å². The van der Waals surface area contributed by atoms with Crippen molar-refractivity contribution in [1.29, 1.82) is 0 Å². The number of nitrogens with one attached hydrogen (secondary N) is 2. The molecule has 0 radical (unpaired) electrons. The van der Waals surface area contributed by atoms with Gasteiger partial charge in [-0.25, -0.2) is 13.1 Å². The van der Waals surface area contributed by atoms with Crippen LogP contribution in [0, 0.1) is 0 Å². The van der Waals surface area contributed by atoms with Crippen LogP contribution in [0.25, 0.3) is 0 Å². The van der Waals surface area contributed by atoms with E-state index in [-0.39, 0.29) is 10.8 Å². The van der Waals surface area contributed by atoms with Crippen LogP contribution >= 0.6 is 0 Å². The third-order valence-corrected chi connectivity index (χ3v) is 4.72. The first kappa shape index (κ1) is 17.0. The van der Waals surface area contributed by atoms with Gasteiger partial charge in [-0.1, -0.05) is 18.2 Å². The summed E-state index contributed by atoms with van der Waals surface area (Å²) in [6, 6.07) is 13.2. The molecule has 2 rings (SSSR count). The van der Waals surface area contributed by atoms with Crippen LogP contribution in [0.5, 0.6) is 5.75 Å². The minimum absolute atomic E-state index is 0.183. The van der Waals surface area contributed by atoms with Gasteiger partial charge in [0.25, 0.3) is 5.91 Å². The van der Waals surface area contributed by atoms with Crippen LogP contribution < -0.4 is 14.8 Å². The lowest BCUT2D eigenvalue weighted by molar-refractivity contribution is 0.0950. The normalized spacial score (nSPS) is 11.0. The van der Waals surface area contributed by atoms with Crippen molar-refractivity contribution in [1.82, 2.24) is 10.0 Å². The molecule has 0 bridgehead atoms. The number of hydrogen-bond donors (Lipinski definition) is 2. The smallest absolute Gasteiger partial charge is 0.251 e. The van der Waals surface area contributed by atoms with Gasteiger partial charge in [0.2, 0.25) is 10.0 Å². The molecule has 122 valence electrons. The molecule has 2 N–H and O–H groups in total. The average molecular weight is 334 g/mol. The van der Waals surface area contributed by atoms with Crippen LogP contribution in [-0.4, -0.2) is 28.5 Å². The predicted molar refractivity (Wildman–Crippen MR) is 86.9 cm³/mol. The Morgan fingerprint density at radius 1 is 1.13 bits per heavy atom. The molecule has 2 aromatic carbocycles. The third-order valence-electron chi connectivity index (χ3n) is 3.29. The molecule has 0 saturated heterocycles. The largest absolute Gasteiger partial charge is 0.497 e. The Kier molecular flexibility index (Phi) is 5.36. The molecule has 0 fully saturated rings. The second-order valence-electron chi connectivity index (χ2n) is 4.77. The van der Waals surface area contributed by atoms with Crippen molar-refractivity contribution >= 4 is 15.9 Å². The minimum atomic E-state index is -3.45. The van der Waals surface area contributed by atoms with Crippen molar-refractivity contribution < 1.29 is 17.9 Å². The predicted octanol–water partition coefficient (Wildman–Crippen LogP) is 1.53. The standard InChI is InChI=1S/C16H18N2O4S/c1-17-23(20,21)15-8-6-12(7-9-15)11-18-16(19)13-4-3-5-14(10-13)22-2/h3-10,17H,11H2,1-2H3,(H,18,19). The molecule has 0 saturated carbocycles. The average Bonchev–Trinajstić information content (AvgIpc) is 2.60. The van der Waals surface area contributed by atoms with Crippen LogP contribution in [0.15, 0.2) is 53.4 Å². The molecular weight excluding hydrogens is 316 g/mol. The maximum atomic E-state index is 12.1. The Morgan fingerprint density at radius 3 is 2.43 bits per heavy atom. The molecule has 23 heavy (non-hydrogen) atoms. The second-order valence-corrected chi connectivity index (χ2v) is 6.65. The molecule has 2 aromatic rings. The molecule has 0 atom stereocenters. The zero-order valence-corrected chi connectivity index (χ0v) is 13.7. The first-order valence-corrected chi connectivity index (χ1v) is 8.39. The Bertz CT molecular complexity index is 786. The monoisotopic (exact) mass is 334 g/mol. The number of amides is 1. The summed E-state index contributed by atoms with van der Waals surface area (Å²) in [6.45, 7) is 0.302. The number of sulfonamides is 1. The fourth-order valence-corrected chi connectivity index (χ4v) is 2.68. The van der Waals surface area contributed by atoms with E-state index in [1.165, 1.54) is 26.3 Å². The van der Waals surface area contributed by atoms with E-state index in [1.54, 1.807) is 36.4 Å². The number of rotatable bonds is 6. The summed E-state index contributed by atoms with van der Waals surface area (Å²) < 4.78 is 30.6. The van der Waals surface area contributed by atoms with Gasteiger partial charge < -0.3 is 10.1 Å². The zero-order valence-electron chi connectivity index (χ0n) is 12.9. The summed E-state index contributed by atoms with van der Waals surface area (Å²) in [4.78, 5) is 12.3. The summed E-state index contributed by atoms with van der Waals surface area (Å²) in [7, 11) is -0.550. The summed E-state index contributed by atoms with van der Waals surface area (Å²) in [5.74, 6) is 0.384. The maximum absolute atomic E-state index is 12.1. The van der Waals surface area contributed by atoms with E-state index in [0.29, 0.717) is 17.9 Å². The van der Waals surface area contributed by atoms with E-state index in [4.69, 9.17) is 4.74 Å². The fourth-order valence-electron chi connectivity index (χ4n) is 1.95. The fraction of sp³-hybridized carbons (Fsp3) is 0.188. The van der Waals surface area contributed by atoms with E-state index in [1.807, 2.05) is 0 Å². The summed E-state index contributed by atoms with van der Waals surface area (Å²) in [5.41, 5.74) is 1.30. The minimum Gasteiger partial charge on any atom is -0.497 e. The van der Waals surface area contributed by atoms with Crippen molar-refractivity contribution in [3.63, 3.8) is 0 Å². The summed E-state index contributed by atoms with van der Waals surface area (Å²) in [5, 5.41) is 2.78. The number of carbonyl (C=O) groups excluding carboxylic acids is 1. The SMILES string of the molecule is CNS(=O)(=O)c1ccc(CNC(=O)c2cccc(OC)c2)cc1. The first-order valence-electron chi connectivity index (χ1n) is 6.91. The number of ether oxygens (including phenoxy) is 1. The van der Waals surface area contributed by atoms with Gasteiger partial charge in [0.05, 0.1) is 12.0 Å². The van der Waals surface area contributed by atoms with Gasteiger partial charge in [-0.05, 0) is 42.9 Å². The topological polar surface area (TPSA) is 84.5 Å². The molecule has 0 unspecified atom stereocenters. The number of hydrogen-bond acceptors (Lipinski definition) is 4. The Morgan fingerprint density at radius 2 is 1.83 bits per heavy atom. The van der Waals surface area contributed by atoms with Crippen LogP contribution in [0.4, 0.5) is 0 Å². The molecule has 7 heteroatoms.